The van der Waals surface area contributed by atoms with Gasteiger partial charge in [0.25, 0.3) is 0 Å². The van der Waals surface area contributed by atoms with Gasteiger partial charge in [0.15, 0.2) is 6.29 Å². The summed E-state index contributed by atoms with van der Waals surface area (Å²) in [5, 5.41) is 18.0. The predicted molar refractivity (Wildman–Crippen MR) is 123 cm³/mol. The highest BCUT2D eigenvalue weighted by molar-refractivity contribution is 5.63. The second-order valence-corrected chi connectivity index (χ2v) is 10.7. The Labute approximate surface area is 199 Å². The molecule has 0 amide bonds. The number of aliphatic hydroxyl groups is 1. The topological polar surface area (TPSA) is 94.8 Å². The van der Waals surface area contributed by atoms with E-state index < -0.39 is 0 Å². The largest absolute Gasteiger partial charge is 0.488 e. The number of ether oxygens (including phenoxy) is 3. The Morgan fingerprint density at radius 1 is 1.24 bits per heavy atom. The smallest absolute Gasteiger partial charge is 0.177 e. The highest BCUT2D eigenvalue weighted by Gasteiger charge is 2.47. The molecule has 0 radical (unpaired) electrons. The van der Waals surface area contributed by atoms with E-state index in [4.69, 9.17) is 14.2 Å². The molecule has 0 bridgehead atoms. The Morgan fingerprint density at radius 2 is 2.03 bits per heavy atom. The van der Waals surface area contributed by atoms with E-state index in [-0.39, 0.29) is 29.8 Å². The zero-order chi connectivity index (χ0) is 23.2. The molecule has 0 aromatic carbocycles. The van der Waals surface area contributed by atoms with Crippen LogP contribution in [0, 0.1) is 22.7 Å². The maximum Gasteiger partial charge on any atom is 0.177 e. The van der Waals surface area contributed by atoms with Crippen LogP contribution in [0.25, 0.3) is 11.4 Å². The number of rotatable bonds is 7. The highest BCUT2D eigenvalue weighted by Crippen LogP contribution is 2.48. The van der Waals surface area contributed by atoms with Crippen molar-refractivity contribution in [3.8, 4) is 29.0 Å². The summed E-state index contributed by atoms with van der Waals surface area (Å²) in [6.45, 7) is 6.76. The van der Waals surface area contributed by atoms with E-state index in [1.165, 1.54) is 12.8 Å². The molecule has 0 atom stereocenters. The first-order valence-electron chi connectivity index (χ1n) is 12.1. The lowest BCUT2D eigenvalue weighted by atomic mass is 9.83. The van der Waals surface area contributed by atoms with Crippen LogP contribution in [0.2, 0.25) is 0 Å². The van der Waals surface area contributed by atoms with E-state index in [9.17, 15) is 5.11 Å². The average molecular weight is 466 g/mol. The van der Waals surface area contributed by atoms with Crippen molar-refractivity contribution < 1.29 is 19.3 Å². The summed E-state index contributed by atoms with van der Waals surface area (Å²) in [4.78, 5) is 6.86. The van der Waals surface area contributed by atoms with Crippen LogP contribution in [0.4, 0.5) is 0 Å². The molecule has 4 fully saturated rings. The van der Waals surface area contributed by atoms with Crippen LogP contribution >= 0.6 is 0 Å². The molecule has 1 N–H and O–H groups in total. The van der Waals surface area contributed by atoms with E-state index in [2.05, 4.69) is 39.0 Å². The van der Waals surface area contributed by atoms with E-state index in [1.807, 2.05) is 12.3 Å². The van der Waals surface area contributed by atoms with Crippen LogP contribution in [0.3, 0.4) is 0 Å². The molecule has 6 rings (SSSR count). The third kappa shape index (κ3) is 4.82. The third-order valence-corrected chi connectivity index (χ3v) is 7.02. The van der Waals surface area contributed by atoms with Crippen molar-refractivity contribution in [2.75, 3.05) is 39.5 Å². The molecule has 1 spiro atoms. The predicted octanol–water partition coefficient (Wildman–Crippen LogP) is 1.70. The average Bonchev–Trinajstić information content (AvgIpc) is 3.74. The molecule has 180 valence electrons. The number of nitrogens with zero attached hydrogens (tertiary/aromatic N) is 5. The summed E-state index contributed by atoms with van der Waals surface area (Å²) in [6.07, 6.45) is 8.07. The van der Waals surface area contributed by atoms with Crippen molar-refractivity contribution in [1.29, 1.82) is 0 Å². The van der Waals surface area contributed by atoms with E-state index in [1.54, 1.807) is 10.9 Å². The van der Waals surface area contributed by atoms with Crippen molar-refractivity contribution in [2.45, 2.75) is 51.5 Å². The first kappa shape index (κ1) is 22.0. The highest BCUT2D eigenvalue weighted by atomic mass is 16.7. The molecule has 2 aromatic rings. The summed E-state index contributed by atoms with van der Waals surface area (Å²) >= 11 is 0. The standard InChI is InChI=1S/C25H31N5O4/c1-24(15-31)13-29(14-24)8-2-3-18-9-21(34-19-4-5-19)23(26-10-18)20-11-30(28-27-20)12-22-32-16-25(6-7-25)17-33-22/h9-11,19,22,31H,4-8,12-17H2,1H3. The van der Waals surface area contributed by atoms with Gasteiger partial charge < -0.3 is 19.3 Å². The van der Waals surface area contributed by atoms with Gasteiger partial charge in [-0.15, -0.1) is 5.10 Å². The van der Waals surface area contributed by atoms with Gasteiger partial charge in [0, 0.05) is 35.7 Å². The summed E-state index contributed by atoms with van der Waals surface area (Å²) in [5.74, 6) is 7.11. The van der Waals surface area contributed by atoms with Gasteiger partial charge in [-0.25, -0.2) is 9.67 Å². The van der Waals surface area contributed by atoms with Crippen LogP contribution in [0.15, 0.2) is 18.5 Å². The van der Waals surface area contributed by atoms with Crippen LogP contribution in [-0.2, 0) is 16.0 Å². The van der Waals surface area contributed by atoms with Crippen LogP contribution < -0.4 is 4.74 Å². The lowest BCUT2D eigenvalue weighted by molar-refractivity contribution is -0.213. The van der Waals surface area contributed by atoms with Gasteiger partial charge >= 0.3 is 0 Å². The van der Waals surface area contributed by atoms with Crippen molar-refractivity contribution in [3.63, 3.8) is 0 Å². The summed E-state index contributed by atoms with van der Waals surface area (Å²) in [7, 11) is 0. The molecule has 2 aliphatic heterocycles. The number of pyridine rings is 1. The van der Waals surface area contributed by atoms with E-state index in [0.717, 1.165) is 44.7 Å². The van der Waals surface area contributed by atoms with Gasteiger partial charge in [-0.05, 0) is 31.7 Å². The molecule has 2 saturated heterocycles. The van der Waals surface area contributed by atoms with Crippen molar-refractivity contribution in [3.05, 3.63) is 24.0 Å². The Kier molecular flexibility index (Phi) is 5.57. The van der Waals surface area contributed by atoms with Gasteiger partial charge in [0.1, 0.15) is 17.1 Å². The third-order valence-electron chi connectivity index (χ3n) is 7.02. The summed E-state index contributed by atoms with van der Waals surface area (Å²) in [6, 6.07) is 1.95. The quantitative estimate of drug-likeness (QED) is 0.618. The summed E-state index contributed by atoms with van der Waals surface area (Å²) in [5.41, 5.74) is 2.45. The molecular formula is C25H31N5O4. The molecule has 4 heterocycles. The molecule has 34 heavy (non-hydrogen) atoms. The monoisotopic (exact) mass is 465 g/mol. The van der Waals surface area contributed by atoms with Crippen LogP contribution in [0.5, 0.6) is 5.75 Å². The Morgan fingerprint density at radius 3 is 2.74 bits per heavy atom. The molecule has 9 nitrogen and oxygen atoms in total. The van der Waals surface area contributed by atoms with Gasteiger partial charge in [0.2, 0.25) is 0 Å². The normalized spacial score (nSPS) is 23.2. The van der Waals surface area contributed by atoms with Gasteiger partial charge in [-0.1, -0.05) is 24.0 Å². The minimum absolute atomic E-state index is 0.0161. The minimum Gasteiger partial charge on any atom is -0.488 e. The molecule has 0 unspecified atom stereocenters. The number of likely N-dealkylation sites (tertiary alicyclic amines) is 1. The first-order valence-corrected chi connectivity index (χ1v) is 12.1. The Balaban J connectivity index is 1.12. The molecular weight excluding hydrogens is 434 g/mol. The zero-order valence-corrected chi connectivity index (χ0v) is 19.6. The van der Waals surface area contributed by atoms with Crippen molar-refractivity contribution in [1.82, 2.24) is 24.9 Å². The number of hydrogen-bond donors (Lipinski definition) is 1. The van der Waals surface area contributed by atoms with Crippen molar-refractivity contribution in [2.24, 2.45) is 10.8 Å². The molecule has 9 heteroatoms. The lowest BCUT2D eigenvalue weighted by Crippen LogP contribution is -2.56. The maximum atomic E-state index is 9.39. The number of aromatic nitrogens is 4. The second-order valence-electron chi connectivity index (χ2n) is 10.7. The van der Waals surface area contributed by atoms with Crippen molar-refractivity contribution >= 4 is 0 Å². The Hall–Kier alpha value is -2.51. The maximum absolute atomic E-state index is 9.39. The summed E-state index contributed by atoms with van der Waals surface area (Å²) < 4.78 is 19.6. The zero-order valence-electron chi connectivity index (χ0n) is 19.6. The fourth-order valence-electron chi connectivity index (χ4n) is 4.51. The van der Waals surface area contributed by atoms with Gasteiger partial charge in [-0.3, -0.25) is 4.90 Å². The second kappa shape index (κ2) is 8.61. The number of aliphatic hydroxyl groups excluding tert-OH is 1. The number of hydrogen-bond acceptors (Lipinski definition) is 8. The first-order chi connectivity index (χ1) is 16.5. The van der Waals surface area contributed by atoms with Gasteiger partial charge in [0.05, 0.1) is 45.2 Å². The SMILES string of the molecule is CC1(CO)CN(CC#Cc2cnc(-c3cn(CC4OCC5(CC5)CO4)nn3)c(OC3CC3)c2)C1. The molecule has 2 aliphatic carbocycles. The molecule has 2 saturated carbocycles. The van der Waals surface area contributed by atoms with Gasteiger partial charge in [-0.2, -0.15) is 0 Å². The van der Waals surface area contributed by atoms with Crippen LogP contribution in [0.1, 0.15) is 38.2 Å². The fourth-order valence-corrected chi connectivity index (χ4v) is 4.51. The molecule has 4 aliphatic rings. The molecule has 2 aromatic heterocycles. The lowest BCUT2D eigenvalue weighted by Gasteiger charge is -2.46. The fraction of sp³-hybridized carbons (Fsp3) is 0.640. The van der Waals surface area contributed by atoms with Crippen LogP contribution in [-0.4, -0.2) is 81.8 Å². The van der Waals surface area contributed by atoms with E-state index in [0.29, 0.717) is 30.2 Å². The minimum atomic E-state index is -0.296. The van der Waals surface area contributed by atoms with E-state index >= 15 is 0 Å². The Bertz CT molecular complexity index is 1100.